The lowest BCUT2D eigenvalue weighted by Crippen LogP contribution is -2.60. The number of carbonyl (C=O) groups is 4. The molecule has 1 aromatic heterocycles. The monoisotopic (exact) mass is 847 g/mol. The molecule has 1 aromatic carbocycles. The van der Waals surface area contributed by atoms with Crippen molar-refractivity contribution in [2.75, 3.05) is 19.8 Å². The maximum atomic E-state index is 14.8. The fraction of sp³-hybridized carbons (Fsp3) is 0.625. The average Bonchev–Trinajstić information content (AvgIpc) is 4.04. The summed E-state index contributed by atoms with van der Waals surface area (Å²) in [5.41, 5.74) is -3.91. The van der Waals surface area contributed by atoms with Gasteiger partial charge in [0.2, 0.25) is 27.7 Å². The summed E-state index contributed by atoms with van der Waals surface area (Å²) in [4.78, 5) is 62.2. The number of amides is 4. The Hall–Kier alpha value is -4.78. The number of carbonyl (C=O) groups excluding carboxylic acids is 4. The molecule has 3 N–H and O–H groups in total. The van der Waals surface area contributed by atoms with Gasteiger partial charge in [0.15, 0.2) is 17.1 Å². The van der Waals surface area contributed by atoms with E-state index < -0.39 is 92.0 Å². The van der Waals surface area contributed by atoms with E-state index in [9.17, 15) is 36.4 Å². The zero-order valence-corrected chi connectivity index (χ0v) is 34.7. The largest absolute Gasteiger partial charge is 0.486 e. The molecule has 0 unspecified atom stereocenters. The number of rotatable bonds is 8. The SMILES string of the molecule is C[C@@H]1CC/C=C\[C@@H]2C[C@@]2(C(=O)NS(=O)(=O)C2(C)CC2)NC(=O)[C@@H]2C[C@@H](Oc3nccc4c5c(ccc34)OCCO5)CN2C(=O)[C@@H](NC(=O)OC(C)(C)C(C)(F)F)[C@H](C)O1. The number of halogens is 2. The Bertz CT molecular complexity index is 2160. The molecule has 0 radical (unpaired) electrons. The van der Waals surface area contributed by atoms with E-state index >= 15 is 0 Å². The lowest BCUT2D eigenvalue weighted by Gasteiger charge is -2.35. The van der Waals surface area contributed by atoms with Crippen molar-refractivity contribution >= 4 is 44.6 Å². The molecule has 59 heavy (non-hydrogen) atoms. The van der Waals surface area contributed by atoms with Crippen molar-refractivity contribution in [1.82, 2.24) is 25.2 Å². The van der Waals surface area contributed by atoms with E-state index in [0.29, 0.717) is 68.1 Å². The zero-order chi connectivity index (χ0) is 42.7. The molecule has 19 heteroatoms. The number of alkyl carbamates (subject to hydrolysis) is 1. The second kappa shape index (κ2) is 15.4. The van der Waals surface area contributed by atoms with Crippen LogP contribution < -0.4 is 29.6 Å². The summed E-state index contributed by atoms with van der Waals surface area (Å²) in [5.74, 6) is -5.26. The summed E-state index contributed by atoms with van der Waals surface area (Å²) >= 11 is 0. The first kappa shape index (κ1) is 42.3. The van der Waals surface area contributed by atoms with Gasteiger partial charge in [-0.2, -0.15) is 0 Å². The van der Waals surface area contributed by atoms with Crippen LogP contribution in [0.5, 0.6) is 17.4 Å². The van der Waals surface area contributed by atoms with Crippen LogP contribution >= 0.6 is 0 Å². The molecule has 0 spiro atoms. The van der Waals surface area contributed by atoms with Crippen LogP contribution in [0.25, 0.3) is 10.8 Å². The van der Waals surface area contributed by atoms with Gasteiger partial charge in [-0.05, 0) is 84.9 Å². The number of nitrogens with one attached hydrogen (secondary N) is 3. The summed E-state index contributed by atoms with van der Waals surface area (Å²) in [6.07, 6.45) is 3.00. The third-order valence-electron chi connectivity index (χ3n) is 12.1. The lowest BCUT2D eigenvalue weighted by molar-refractivity contribution is -0.153. The maximum Gasteiger partial charge on any atom is 0.408 e. The first-order valence-corrected chi connectivity index (χ1v) is 21.4. The van der Waals surface area contributed by atoms with Gasteiger partial charge in [0.25, 0.3) is 11.8 Å². The van der Waals surface area contributed by atoms with Crippen LogP contribution in [0.4, 0.5) is 13.6 Å². The van der Waals surface area contributed by atoms with E-state index in [1.165, 1.54) is 18.0 Å². The number of hydrogen-bond donors (Lipinski definition) is 3. The number of alkyl halides is 2. The number of nitrogens with zero attached hydrogens (tertiary/aromatic N) is 2. The first-order valence-electron chi connectivity index (χ1n) is 19.9. The highest BCUT2D eigenvalue weighted by atomic mass is 32.2. The molecule has 2 saturated carbocycles. The molecule has 1 saturated heterocycles. The Balaban J connectivity index is 1.23. The summed E-state index contributed by atoms with van der Waals surface area (Å²) < 4.78 is 85.7. The number of aromatic nitrogens is 1. The minimum absolute atomic E-state index is 0.0981. The molecule has 2 aliphatic carbocycles. The Kier molecular flexibility index (Phi) is 11.0. The smallest absolute Gasteiger partial charge is 0.408 e. The Labute approximate surface area is 341 Å². The van der Waals surface area contributed by atoms with Crippen molar-refractivity contribution in [3.63, 3.8) is 0 Å². The molecule has 4 heterocycles. The highest BCUT2D eigenvalue weighted by molar-refractivity contribution is 7.91. The molecule has 3 aliphatic heterocycles. The van der Waals surface area contributed by atoms with Crippen molar-refractivity contribution in [3.05, 3.63) is 36.5 Å². The topological polar surface area (TPSA) is 201 Å². The molecule has 2 aromatic rings. The highest BCUT2D eigenvalue weighted by Gasteiger charge is 2.63. The summed E-state index contributed by atoms with van der Waals surface area (Å²) in [5, 5.41) is 6.46. The third kappa shape index (κ3) is 8.36. The minimum Gasteiger partial charge on any atom is -0.486 e. The van der Waals surface area contributed by atoms with E-state index in [1.807, 2.05) is 6.08 Å². The standard InChI is InChI=1S/C40H51F2N5O11S/c1-22-9-7-8-10-24-20-40(24,35(50)46-59(52,53)38(5)14-15-38)45-32(48)28-19-25(57-33-27-11-12-29-31(55-18-17-54-29)26(27)13-16-43-33)21-47(28)34(49)30(23(2)56-22)44-36(51)58-37(3,4)39(6,41)42/h8,10-13,16,22-25,28,30H,7,9,14-15,17-21H2,1-6H3,(H,44,51)(H,45,48)(H,46,50)/b10-8-/t22-,23+,24-,25-,28+,30+,40-/m1/s1. The maximum absolute atomic E-state index is 14.8. The number of benzene rings is 1. The second-order valence-electron chi connectivity index (χ2n) is 17.0. The molecular formula is C40H51F2N5O11S. The molecule has 0 bridgehead atoms. The predicted octanol–water partition coefficient (Wildman–Crippen LogP) is 3.90. The fourth-order valence-electron chi connectivity index (χ4n) is 7.57. The number of pyridine rings is 1. The number of allylic oxidation sites excluding steroid dienone is 1. The number of ether oxygens (including phenoxy) is 5. The second-order valence-corrected chi connectivity index (χ2v) is 19.2. The summed E-state index contributed by atoms with van der Waals surface area (Å²) in [6.45, 7) is 8.02. The van der Waals surface area contributed by atoms with E-state index in [1.54, 1.807) is 38.1 Å². The lowest BCUT2D eigenvalue weighted by atomic mass is 10.0. The Morgan fingerprint density at radius 3 is 2.51 bits per heavy atom. The van der Waals surface area contributed by atoms with Gasteiger partial charge < -0.3 is 39.2 Å². The molecule has 322 valence electrons. The zero-order valence-electron chi connectivity index (χ0n) is 33.8. The molecular weight excluding hydrogens is 797 g/mol. The van der Waals surface area contributed by atoms with E-state index in [0.717, 1.165) is 13.8 Å². The van der Waals surface area contributed by atoms with Crippen LogP contribution in [0.1, 0.15) is 80.1 Å². The van der Waals surface area contributed by atoms with Gasteiger partial charge in [-0.3, -0.25) is 19.1 Å². The van der Waals surface area contributed by atoms with Crippen molar-refractivity contribution in [2.24, 2.45) is 5.92 Å². The molecule has 7 atom stereocenters. The molecule has 16 nitrogen and oxygen atoms in total. The number of hydrogen-bond acceptors (Lipinski definition) is 12. The van der Waals surface area contributed by atoms with Crippen molar-refractivity contribution < 1.29 is 60.1 Å². The first-order chi connectivity index (χ1) is 27.6. The Morgan fingerprint density at radius 1 is 1.07 bits per heavy atom. The molecule has 3 fully saturated rings. The van der Waals surface area contributed by atoms with Crippen LogP contribution in [0.3, 0.4) is 0 Å². The Morgan fingerprint density at radius 2 is 1.80 bits per heavy atom. The van der Waals surface area contributed by atoms with Gasteiger partial charge in [-0.25, -0.2) is 27.0 Å². The van der Waals surface area contributed by atoms with Gasteiger partial charge in [-0.1, -0.05) is 12.2 Å². The van der Waals surface area contributed by atoms with Crippen LogP contribution in [0, 0.1) is 5.92 Å². The van der Waals surface area contributed by atoms with Gasteiger partial charge in [0.1, 0.15) is 36.9 Å². The van der Waals surface area contributed by atoms with Crippen molar-refractivity contribution in [2.45, 2.75) is 132 Å². The van der Waals surface area contributed by atoms with Crippen LogP contribution in [0.2, 0.25) is 0 Å². The average molecular weight is 848 g/mol. The molecule has 7 rings (SSSR count). The van der Waals surface area contributed by atoms with E-state index in [4.69, 9.17) is 23.7 Å². The summed E-state index contributed by atoms with van der Waals surface area (Å²) in [6, 6.07) is 2.35. The number of fused-ring (bicyclic) bond motifs is 5. The van der Waals surface area contributed by atoms with Crippen LogP contribution in [-0.2, 0) is 33.9 Å². The van der Waals surface area contributed by atoms with Crippen molar-refractivity contribution in [3.8, 4) is 17.4 Å². The molecule has 5 aliphatic rings. The van der Waals surface area contributed by atoms with E-state index in [-0.39, 0.29) is 25.3 Å². The van der Waals surface area contributed by atoms with Crippen molar-refractivity contribution in [1.29, 1.82) is 0 Å². The molecule has 4 amide bonds. The minimum atomic E-state index is -4.08. The fourth-order valence-corrected chi connectivity index (χ4v) is 8.88. The van der Waals surface area contributed by atoms with Crippen LogP contribution in [-0.4, -0.2) is 114 Å². The normalized spacial score (nSPS) is 30.1. The van der Waals surface area contributed by atoms with Gasteiger partial charge in [-0.15, -0.1) is 0 Å². The van der Waals surface area contributed by atoms with Crippen LogP contribution in [0.15, 0.2) is 36.5 Å². The highest BCUT2D eigenvalue weighted by Crippen LogP contribution is 2.48. The summed E-state index contributed by atoms with van der Waals surface area (Å²) in [7, 11) is -4.08. The third-order valence-corrected chi connectivity index (χ3v) is 14.3. The van der Waals surface area contributed by atoms with Gasteiger partial charge in [0, 0.05) is 36.2 Å². The van der Waals surface area contributed by atoms with Gasteiger partial charge in [0.05, 0.1) is 23.5 Å². The van der Waals surface area contributed by atoms with E-state index in [2.05, 4.69) is 20.3 Å². The quantitative estimate of drug-likeness (QED) is 0.324. The number of sulfonamides is 1. The predicted molar refractivity (Wildman–Crippen MR) is 207 cm³/mol. The van der Waals surface area contributed by atoms with Gasteiger partial charge >= 0.3 is 6.09 Å².